The zero-order valence-corrected chi connectivity index (χ0v) is 22.2. The van der Waals surface area contributed by atoms with E-state index in [0.717, 1.165) is 60.7 Å². The van der Waals surface area contributed by atoms with Crippen LogP contribution in [0.15, 0.2) is 78.0 Å². The number of amidine groups is 1. The van der Waals surface area contributed by atoms with E-state index in [1.807, 2.05) is 17.3 Å². The zero-order chi connectivity index (χ0) is 26.2. The maximum absolute atomic E-state index is 13.0. The summed E-state index contributed by atoms with van der Waals surface area (Å²) in [6.07, 6.45) is 1.73. The van der Waals surface area contributed by atoms with Crippen LogP contribution in [0.3, 0.4) is 0 Å². The summed E-state index contributed by atoms with van der Waals surface area (Å²) in [6.45, 7) is 10.5. The molecule has 0 aliphatic carbocycles. The fourth-order valence-corrected chi connectivity index (χ4v) is 5.48. The van der Waals surface area contributed by atoms with Crippen molar-refractivity contribution in [2.75, 3.05) is 36.2 Å². The monoisotopic (exact) mass is 508 g/mol. The van der Waals surface area contributed by atoms with Crippen LogP contribution in [0.5, 0.6) is 0 Å². The first-order chi connectivity index (χ1) is 18.5. The molecule has 0 spiro atoms. The summed E-state index contributed by atoms with van der Waals surface area (Å²) in [5.74, 6) is 0.369. The summed E-state index contributed by atoms with van der Waals surface area (Å²) in [5, 5.41) is 8.05. The summed E-state index contributed by atoms with van der Waals surface area (Å²) in [6, 6.07) is 23.2. The number of aryl methyl sites for hydroxylation is 2. The number of nitrogens with one attached hydrogen (secondary N) is 2. The normalized spacial score (nSPS) is 18.3. The second-order valence-electron chi connectivity index (χ2n) is 10.3. The van der Waals surface area contributed by atoms with E-state index < -0.39 is 0 Å². The molecule has 1 aromatic heterocycles. The fourth-order valence-electron chi connectivity index (χ4n) is 5.48. The maximum atomic E-state index is 13.0. The molecule has 6 rings (SSSR count). The summed E-state index contributed by atoms with van der Waals surface area (Å²) < 4.78 is 5.52. The number of hydrogen-bond donors (Lipinski definition) is 2. The van der Waals surface area contributed by atoms with Gasteiger partial charge in [0, 0.05) is 40.8 Å². The number of ether oxygens (including phenoxy) is 1. The number of benzene rings is 3. The highest BCUT2D eigenvalue weighted by molar-refractivity contribution is 6.44. The van der Waals surface area contributed by atoms with E-state index >= 15 is 0 Å². The Morgan fingerprint density at radius 3 is 2.47 bits per heavy atom. The minimum absolute atomic E-state index is 0.0667. The first-order valence-electron chi connectivity index (χ1n) is 13.3. The lowest BCUT2D eigenvalue weighted by Crippen LogP contribution is -3.12. The Morgan fingerprint density at radius 1 is 1.00 bits per heavy atom. The van der Waals surface area contributed by atoms with Gasteiger partial charge in [-0.1, -0.05) is 36.4 Å². The summed E-state index contributed by atoms with van der Waals surface area (Å²) >= 11 is 0. The molecule has 4 aromatic rings. The minimum Gasteiger partial charge on any atom is -0.370 e. The van der Waals surface area contributed by atoms with Crippen molar-refractivity contribution in [3.05, 3.63) is 95.2 Å². The van der Waals surface area contributed by atoms with Crippen molar-refractivity contribution in [1.82, 2.24) is 4.98 Å². The molecule has 3 heterocycles. The highest BCUT2D eigenvalue weighted by Crippen LogP contribution is 2.41. The molecule has 0 saturated carbocycles. The molecule has 1 fully saturated rings. The zero-order valence-electron chi connectivity index (χ0n) is 22.2. The van der Waals surface area contributed by atoms with Gasteiger partial charge in [0.15, 0.2) is 17.8 Å². The van der Waals surface area contributed by atoms with Gasteiger partial charge in [0.1, 0.15) is 19.6 Å². The molecule has 2 N–H and O–H groups in total. The van der Waals surface area contributed by atoms with Gasteiger partial charge in [-0.3, -0.25) is 9.69 Å². The topological polar surface area (TPSA) is 65.4 Å². The van der Waals surface area contributed by atoms with E-state index in [9.17, 15) is 4.79 Å². The molecule has 0 radical (unpaired) electrons. The number of Topliss-reactive ketones (excluding diaryl/α,β-unsaturated/α-hetero) is 1. The molecule has 194 valence electrons. The first kappa shape index (κ1) is 24.4. The van der Waals surface area contributed by atoms with E-state index in [-0.39, 0.29) is 11.9 Å². The molecule has 7 nitrogen and oxygen atoms in total. The van der Waals surface area contributed by atoms with Crippen LogP contribution in [0.2, 0.25) is 0 Å². The Kier molecular flexibility index (Phi) is 6.47. The number of H-pyrrole nitrogens is 1. The number of para-hydroxylation sites is 1. The van der Waals surface area contributed by atoms with Crippen molar-refractivity contribution in [3.8, 4) is 0 Å². The minimum atomic E-state index is -0.317. The number of morpholine rings is 1. The lowest BCUT2D eigenvalue weighted by molar-refractivity contribution is -0.921. The molecule has 1 saturated heterocycles. The van der Waals surface area contributed by atoms with Crippen LogP contribution in [0.25, 0.3) is 10.9 Å². The van der Waals surface area contributed by atoms with Gasteiger partial charge in [-0.05, 0) is 55.3 Å². The average Bonchev–Trinajstić information content (AvgIpc) is 3.53. The van der Waals surface area contributed by atoms with Gasteiger partial charge in [-0.15, -0.1) is 5.10 Å². The maximum Gasteiger partial charge on any atom is 0.198 e. The highest BCUT2D eigenvalue weighted by Gasteiger charge is 2.40. The quantitative estimate of drug-likeness (QED) is 0.411. The highest BCUT2D eigenvalue weighted by atomic mass is 16.5. The first-order valence-corrected chi connectivity index (χ1v) is 13.3. The lowest BCUT2D eigenvalue weighted by atomic mass is 10.1. The van der Waals surface area contributed by atoms with Crippen molar-refractivity contribution in [1.29, 1.82) is 0 Å². The predicted octanol–water partition coefficient (Wildman–Crippen LogP) is 4.13. The van der Waals surface area contributed by atoms with Crippen molar-refractivity contribution >= 4 is 33.9 Å². The van der Waals surface area contributed by atoms with Gasteiger partial charge in [0.25, 0.3) is 0 Å². The van der Waals surface area contributed by atoms with Gasteiger partial charge in [-0.25, -0.2) is 5.01 Å². The van der Waals surface area contributed by atoms with Crippen LogP contribution in [0, 0.1) is 13.8 Å². The van der Waals surface area contributed by atoms with Crippen molar-refractivity contribution in [2.24, 2.45) is 5.10 Å². The Labute approximate surface area is 223 Å². The Morgan fingerprint density at radius 2 is 1.74 bits per heavy atom. The molecule has 0 amide bonds. The Bertz CT molecular complexity index is 1500. The fraction of sp³-hybridized carbons (Fsp3) is 0.290. The van der Waals surface area contributed by atoms with Gasteiger partial charge in [0.2, 0.25) is 0 Å². The van der Waals surface area contributed by atoms with E-state index in [0.29, 0.717) is 5.84 Å². The Hall–Kier alpha value is -3.94. The van der Waals surface area contributed by atoms with Gasteiger partial charge < -0.3 is 14.6 Å². The number of hydrazone groups is 1. The van der Waals surface area contributed by atoms with E-state index in [2.05, 4.69) is 84.4 Å². The van der Waals surface area contributed by atoms with Crippen LogP contribution in [0.4, 0.5) is 11.4 Å². The smallest absolute Gasteiger partial charge is 0.198 e. The number of aromatic nitrogens is 1. The third-order valence-corrected chi connectivity index (χ3v) is 7.74. The molecule has 0 unspecified atom stereocenters. The third kappa shape index (κ3) is 4.48. The number of quaternary nitrogens is 1. The molecule has 3 aromatic carbocycles. The molecule has 1 atom stereocenters. The SMILES string of the molecule is CC(=O)C1=NN(c2ccc(C)c(C)c2)[C@@H](c2c[nH]c3ccccc23)N1c1ccc(C[NH+]2CCOCC2)cc1. The number of hydrogen-bond acceptors (Lipinski definition) is 5. The van der Waals surface area contributed by atoms with Crippen LogP contribution in [-0.4, -0.2) is 42.9 Å². The second kappa shape index (κ2) is 10.1. The van der Waals surface area contributed by atoms with Gasteiger partial charge in [0.05, 0.1) is 18.9 Å². The second-order valence-corrected chi connectivity index (χ2v) is 10.3. The molecule has 2 aliphatic heterocycles. The van der Waals surface area contributed by atoms with Crippen LogP contribution in [0.1, 0.15) is 35.3 Å². The largest absolute Gasteiger partial charge is 0.370 e. The molecule has 0 bridgehead atoms. The van der Waals surface area contributed by atoms with E-state index in [1.165, 1.54) is 21.6 Å². The lowest BCUT2D eigenvalue weighted by Gasteiger charge is -2.32. The molecular weight excluding hydrogens is 474 g/mol. The number of ketones is 1. The standard InChI is InChI=1S/C31H33N5O2/c1-21-8-11-26(18-22(21)2)36-31(28-19-32-29-7-5-4-6-27(28)29)35(30(33-36)23(3)37)25-12-9-24(10-13-25)20-34-14-16-38-17-15-34/h4-13,18-19,31-32H,14-17,20H2,1-3H3/p+1/t31-/m0/s1. The van der Waals surface area contributed by atoms with Gasteiger partial charge in [-0.2, -0.15) is 0 Å². The number of aromatic amines is 1. The van der Waals surface area contributed by atoms with Crippen molar-refractivity contribution in [2.45, 2.75) is 33.5 Å². The van der Waals surface area contributed by atoms with Crippen molar-refractivity contribution in [3.63, 3.8) is 0 Å². The summed E-state index contributed by atoms with van der Waals surface area (Å²) in [7, 11) is 0. The number of nitrogens with zero attached hydrogens (tertiary/aromatic N) is 3. The van der Waals surface area contributed by atoms with E-state index in [1.54, 1.807) is 6.92 Å². The Balaban J connectivity index is 1.44. The number of carbonyl (C=O) groups is 1. The number of carbonyl (C=O) groups excluding carboxylic acids is 1. The molecule has 7 heteroatoms. The summed E-state index contributed by atoms with van der Waals surface area (Å²) in [4.78, 5) is 20.1. The molecule has 2 aliphatic rings. The van der Waals surface area contributed by atoms with Crippen molar-refractivity contribution < 1.29 is 14.4 Å². The van der Waals surface area contributed by atoms with E-state index in [4.69, 9.17) is 9.84 Å². The van der Waals surface area contributed by atoms with Crippen LogP contribution >= 0.6 is 0 Å². The predicted molar refractivity (Wildman–Crippen MR) is 152 cm³/mol. The summed E-state index contributed by atoms with van der Waals surface area (Å²) in [5.41, 5.74) is 7.72. The number of fused-ring (bicyclic) bond motifs is 1. The molecular formula is C31H34N5O2+. The van der Waals surface area contributed by atoms with Crippen LogP contribution in [-0.2, 0) is 16.1 Å². The number of rotatable bonds is 6. The third-order valence-electron chi connectivity index (χ3n) is 7.74. The number of anilines is 2. The van der Waals surface area contributed by atoms with Crippen LogP contribution < -0.4 is 14.8 Å². The molecule has 38 heavy (non-hydrogen) atoms. The average molecular weight is 509 g/mol. The van der Waals surface area contributed by atoms with Gasteiger partial charge >= 0.3 is 0 Å².